The van der Waals surface area contributed by atoms with Crippen LogP contribution in [0, 0.1) is 13.8 Å². The molecule has 0 amide bonds. The second-order valence-electron chi connectivity index (χ2n) is 5.80. The Morgan fingerprint density at radius 2 is 1.68 bits per heavy atom. The summed E-state index contributed by atoms with van der Waals surface area (Å²) >= 11 is 0. The molecule has 0 heterocycles. The number of hydrogen-bond acceptors (Lipinski definition) is 6. The minimum atomic E-state index is -0.670. The molecule has 1 aliphatic rings. The molecule has 2 aromatic rings. The number of carbonyl (C=O) groups is 3. The van der Waals surface area contributed by atoms with Crippen LogP contribution in [0.25, 0.3) is 0 Å². The Morgan fingerprint density at radius 1 is 1.00 bits per heavy atom. The van der Waals surface area contributed by atoms with Gasteiger partial charge in [0.05, 0.1) is 19.8 Å². The second kappa shape index (κ2) is 5.73. The summed E-state index contributed by atoms with van der Waals surface area (Å²) in [6, 6.07) is 4.47. The summed E-state index contributed by atoms with van der Waals surface area (Å²) in [6.07, 6.45) is 0. The third-order valence-corrected chi connectivity index (χ3v) is 4.47. The van der Waals surface area contributed by atoms with E-state index in [1.165, 1.54) is 26.4 Å². The number of carbonyl (C=O) groups excluding carboxylic acids is 3. The highest BCUT2D eigenvalue weighted by molar-refractivity contribution is 6.30. The molecule has 0 fully saturated rings. The van der Waals surface area contributed by atoms with Gasteiger partial charge in [0.15, 0.2) is 11.6 Å². The highest BCUT2D eigenvalue weighted by Crippen LogP contribution is 2.39. The van der Waals surface area contributed by atoms with Gasteiger partial charge < -0.3 is 14.6 Å². The first-order valence-corrected chi connectivity index (χ1v) is 7.55. The van der Waals surface area contributed by atoms with E-state index in [9.17, 15) is 19.5 Å². The summed E-state index contributed by atoms with van der Waals surface area (Å²) in [5.74, 6) is -1.65. The summed E-state index contributed by atoms with van der Waals surface area (Å²) in [7, 11) is 2.59. The summed E-state index contributed by atoms with van der Waals surface area (Å²) in [6.45, 7) is 3.19. The number of esters is 1. The number of ketones is 2. The number of hydrogen-bond donors (Lipinski definition) is 1. The maximum Gasteiger partial charge on any atom is 0.341 e. The van der Waals surface area contributed by atoms with Crippen LogP contribution in [0.15, 0.2) is 18.2 Å². The SMILES string of the molecule is COC(=O)c1c(OC)cc2c(c1C)C(=O)c1c(ccc(C)c1O)C2=O. The lowest BCUT2D eigenvalue weighted by Gasteiger charge is -2.23. The summed E-state index contributed by atoms with van der Waals surface area (Å²) in [4.78, 5) is 38.0. The molecule has 25 heavy (non-hydrogen) atoms. The zero-order chi connectivity index (χ0) is 18.5. The van der Waals surface area contributed by atoms with Gasteiger partial charge in [0.2, 0.25) is 0 Å². The van der Waals surface area contributed by atoms with Crippen LogP contribution in [0.4, 0.5) is 0 Å². The number of methoxy groups -OCH3 is 2. The Balaban J connectivity index is 2.39. The van der Waals surface area contributed by atoms with Crippen LogP contribution in [-0.4, -0.2) is 36.9 Å². The lowest BCUT2D eigenvalue weighted by Crippen LogP contribution is -2.24. The van der Waals surface area contributed by atoms with E-state index in [4.69, 9.17) is 9.47 Å². The van der Waals surface area contributed by atoms with Crippen LogP contribution in [0.2, 0.25) is 0 Å². The van der Waals surface area contributed by atoms with Crippen LogP contribution in [0.5, 0.6) is 11.5 Å². The van der Waals surface area contributed by atoms with Gasteiger partial charge in [-0.25, -0.2) is 4.79 Å². The van der Waals surface area contributed by atoms with Gasteiger partial charge in [0.1, 0.15) is 17.1 Å². The van der Waals surface area contributed by atoms with Crippen molar-refractivity contribution in [1.82, 2.24) is 0 Å². The van der Waals surface area contributed by atoms with Gasteiger partial charge in [-0.05, 0) is 37.1 Å². The van der Waals surface area contributed by atoms with E-state index in [0.717, 1.165) is 0 Å². The molecule has 0 saturated carbocycles. The number of benzene rings is 2. The molecule has 0 bridgehead atoms. The van der Waals surface area contributed by atoms with Crippen molar-refractivity contribution in [3.63, 3.8) is 0 Å². The van der Waals surface area contributed by atoms with Crippen LogP contribution < -0.4 is 4.74 Å². The number of aryl methyl sites for hydroxylation is 1. The Kier molecular flexibility index (Phi) is 3.83. The maximum atomic E-state index is 13.0. The molecule has 0 atom stereocenters. The molecule has 2 aromatic carbocycles. The number of aromatic hydroxyl groups is 1. The van der Waals surface area contributed by atoms with Crippen LogP contribution in [0.1, 0.15) is 53.3 Å². The smallest absolute Gasteiger partial charge is 0.341 e. The van der Waals surface area contributed by atoms with Gasteiger partial charge in [-0.2, -0.15) is 0 Å². The van der Waals surface area contributed by atoms with Crippen molar-refractivity contribution in [3.8, 4) is 11.5 Å². The van der Waals surface area contributed by atoms with Crippen molar-refractivity contribution in [2.45, 2.75) is 13.8 Å². The van der Waals surface area contributed by atoms with E-state index in [-0.39, 0.29) is 44.9 Å². The molecule has 0 aromatic heterocycles. The summed E-state index contributed by atoms with van der Waals surface area (Å²) in [5.41, 5.74) is 1.17. The van der Waals surface area contributed by atoms with Gasteiger partial charge in [-0.1, -0.05) is 6.07 Å². The average molecular weight is 340 g/mol. The quantitative estimate of drug-likeness (QED) is 0.721. The topological polar surface area (TPSA) is 89.9 Å². The second-order valence-corrected chi connectivity index (χ2v) is 5.80. The van der Waals surface area contributed by atoms with Gasteiger partial charge in [-0.3, -0.25) is 9.59 Å². The predicted octanol–water partition coefficient (Wildman–Crippen LogP) is 2.58. The summed E-state index contributed by atoms with van der Waals surface area (Å²) < 4.78 is 9.98. The van der Waals surface area contributed by atoms with Crippen LogP contribution >= 0.6 is 0 Å². The van der Waals surface area contributed by atoms with E-state index >= 15 is 0 Å². The van der Waals surface area contributed by atoms with Gasteiger partial charge in [0, 0.05) is 16.7 Å². The van der Waals surface area contributed by atoms with Crippen molar-refractivity contribution in [1.29, 1.82) is 0 Å². The molecule has 0 unspecified atom stereocenters. The fourth-order valence-electron chi connectivity index (χ4n) is 3.16. The van der Waals surface area contributed by atoms with E-state index in [2.05, 4.69) is 0 Å². The molecule has 6 nitrogen and oxygen atoms in total. The first-order valence-electron chi connectivity index (χ1n) is 7.55. The third kappa shape index (κ3) is 2.21. The van der Waals surface area contributed by atoms with Crippen molar-refractivity contribution >= 4 is 17.5 Å². The van der Waals surface area contributed by atoms with Crippen molar-refractivity contribution in [3.05, 3.63) is 57.1 Å². The molecule has 128 valence electrons. The molecule has 1 N–H and O–H groups in total. The molecule has 1 aliphatic carbocycles. The minimum absolute atomic E-state index is 0.0402. The number of fused-ring (bicyclic) bond motifs is 2. The number of phenolic OH excluding ortho intramolecular Hbond substituents is 1. The normalized spacial score (nSPS) is 12.5. The first kappa shape index (κ1) is 16.7. The molecular formula is C19H16O6. The number of ether oxygens (including phenoxy) is 2. The Labute approximate surface area is 144 Å². The predicted molar refractivity (Wildman–Crippen MR) is 88.8 cm³/mol. The Morgan fingerprint density at radius 3 is 2.28 bits per heavy atom. The highest BCUT2D eigenvalue weighted by atomic mass is 16.5. The highest BCUT2D eigenvalue weighted by Gasteiger charge is 2.36. The van der Waals surface area contributed by atoms with E-state index in [1.807, 2.05) is 0 Å². The monoisotopic (exact) mass is 340 g/mol. The zero-order valence-electron chi connectivity index (χ0n) is 14.2. The van der Waals surface area contributed by atoms with E-state index < -0.39 is 17.5 Å². The summed E-state index contributed by atoms with van der Waals surface area (Å²) in [5, 5.41) is 10.3. The molecule has 6 heteroatoms. The van der Waals surface area contributed by atoms with Crippen molar-refractivity contribution in [2.75, 3.05) is 14.2 Å². The fourth-order valence-corrected chi connectivity index (χ4v) is 3.16. The van der Waals surface area contributed by atoms with Crippen molar-refractivity contribution in [2.24, 2.45) is 0 Å². The van der Waals surface area contributed by atoms with E-state index in [1.54, 1.807) is 19.9 Å². The lowest BCUT2D eigenvalue weighted by molar-refractivity contribution is 0.0595. The van der Waals surface area contributed by atoms with Gasteiger partial charge in [0.25, 0.3) is 0 Å². The number of phenols is 1. The Bertz CT molecular complexity index is 955. The largest absolute Gasteiger partial charge is 0.507 e. The van der Waals surface area contributed by atoms with Crippen LogP contribution in [-0.2, 0) is 4.74 Å². The molecule has 0 saturated heterocycles. The molecule has 0 radical (unpaired) electrons. The standard InChI is InChI=1S/C19H16O6/c1-8-5-6-10-15(16(8)20)18(22)13-9(2)14(19(23)25-4)12(24-3)7-11(13)17(10)21/h5-7,20H,1-4H3. The molecular weight excluding hydrogens is 324 g/mol. The van der Waals surface area contributed by atoms with Gasteiger partial charge in [-0.15, -0.1) is 0 Å². The van der Waals surface area contributed by atoms with E-state index in [0.29, 0.717) is 5.56 Å². The average Bonchev–Trinajstić information content (AvgIpc) is 2.60. The minimum Gasteiger partial charge on any atom is -0.507 e. The van der Waals surface area contributed by atoms with Crippen LogP contribution in [0.3, 0.4) is 0 Å². The fraction of sp³-hybridized carbons (Fsp3) is 0.211. The molecule has 0 aliphatic heterocycles. The van der Waals surface area contributed by atoms with Gasteiger partial charge >= 0.3 is 5.97 Å². The molecule has 3 rings (SSSR count). The number of rotatable bonds is 2. The third-order valence-electron chi connectivity index (χ3n) is 4.47. The Hall–Kier alpha value is -3.15. The van der Waals surface area contributed by atoms with Crippen molar-refractivity contribution < 1.29 is 29.0 Å². The lowest BCUT2D eigenvalue weighted by atomic mass is 9.79. The zero-order valence-corrected chi connectivity index (χ0v) is 14.2. The first-order chi connectivity index (χ1) is 11.8. The molecule has 0 spiro atoms. The maximum absolute atomic E-state index is 13.0.